The predicted octanol–water partition coefficient (Wildman–Crippen LogP) is 4.11. The van der Waals surface area contributed by atoms with E-state index in [-0.39, 0.29) is 22.2 Å². The van der Waals surface area contributed by atoms with Crippen molar-refractivity contribution in [3.05, 3.63) is 66.7 Å². The van der Waals surface area contributed by atoms with E-state index in [1.165, 1.54) is 12.3 Å². The van der Waals surface area contributed by atoms with Crippen molar-refractivity contribution >= 4 is 9.84 Å². The molecule has 10 heteroatoms. The SMILES string of the molecule is CC(CCN(C)C)S(=O)(=O)c1ccc(-c2cncc(-c3nnc(-c4ccccc4F)o3)n2)cc1. The van der Waals surface area contributed by atoms with Gasteiger partial charge in [-0.25, -0.2) is 17.8 Å². The lowest BCUT2D eigenvalue weighted by Crippen LogP contribution is -2.24. The number of hydrogen-bond acceptors (Lipinski definition) is 8. The smallest absolute Gasteiger partial charge is 0.268 e. The van der Waals surface area contributed by atoms with E-state index in [0.717, 1.165) is 0 Å². The third-order valence-electron chi connectivity index (χ3n) is 5.37. The molecule has 0 aliphatic heterocycles. The first-order chi connectivity index (χ1) is 16.3. The van der Waals surface area contributed by atoms with Gasteiger partial charge in [-0.1, -0.05) is 24.3 Å². The lowest BCUT2D eigenvalue weighted by molar-refractivity contribution is 0.397. The molecule has 4 aromatic rings. The van der Waals surface area contributed by atoms with Crippen LogP contribution in [0.1, 0.15) is 13.3 Å². The predicted molar refractivity (Wildman–Crippen MR) is 126 cm³/mol. The highest BCUT2D eigenvalue weighted by atomic mass is 32.2. The summed E-state index contributed by atoms with van der Waals surface area (Å²) in [5.41, 5.74) is 1.71. The molecule has 1 atom stereocenters. The number of benzene rings is 2. The number of aromatic nitrogens is 4. The Morgan fingerprint density at radius 1 is 0.971 bits per heavy atom. The molecule has 1 unspecified atom stereocenters. The second-order valence-electron chi connectivity index (χ2n) is 8.15. The van der Waals surface area contributed by atoms with Crippen LogP contribution >= 0.6 is 0 Å². The highest BCUT2D eigenvalue weighted by molar-refractivity contribution is 7.92. The van der Waals surface area contributed by atoms with Crippen molar-refractivity contribution < 1.29 is 17.2 Å². The first-order valence-corrected chi connectivity index (χ1v) is 12.2. The van der Waals surface area contributed by atoms with Crippen LogP contribution in [0.25, 0.3) is 34.3 Å². The van der Waals surface area contributed by atoms with Gasteiger partial charge >= 0.3 is 0 Å². The van der Waals surface area contributed by atoms with E-state index in [9.17, 15) is 12.8 Å². The molecule has 4 rings (SSSR count). The minimum Gasteiger partial charge on any atom is -0.414 e. The maximum absolute atomic E-state index is 14.0. The van der Waals surface area contributed by atoms with E-state index in [1.54, 1.807) is 55.6 Å². The normalized spacial score (nSPS) is 12.7. The number of halogens is 1. The highest BCUT2D eigenvalue weighted by Crippen LogP contribution is 2.27. The molecule has 0 spiro atoms. The summed E-state index contributed by atoms with van der Waals surface area (Å²) in [5, 5.41) is 7.38. The fourth-order valence-electron chi connectivity index (χ4n) is 3.32. The fraction of sp³-hybridized carbons (Fsp3) is 0.250. The fourth-order valence-corrected chi connectivity index (χ4v) is 4.72. The standard InChI is InChI=1S/C24H24FN5O3S/c1-16(12-13-30(2)3)34(31,32)18-10-8-17(9-11-18)21-14-26-15-22(27-21)24-29-28-23(33-24)19-6-4-5-7-20(19)25/h4-11,14-16H,12-13H2,1-3H3. The van der Waals surface area contributed by atoms with Crippen LogP contribution in [0.4, 0.5) is 4.39 Å². The minimum absolute atomic E-state index is 0.0400. The molecule has 0 bridgehead atoms. The summed E-state index contributed by atoms with van der Waals surface area (Å²) in [4.78, 5) is 10.9. The third kappa shape index (κ3) is 5.02. The lowest BCUT2D eigenvalue weighted by atomic mass is 10.1. The molecule has 0 N–H and O–H groups in total. The molecule has 176 valence electrons. The van der Waals surface area contributed by atoms with Gasteiger partial charge in [0.15, 0.2) is 9.84 Å². The van der Waals surface area contributed by atoms with E-state index in [4.69, 9.17) is 4.42 Å². The summed E-state index contributed by atoms with van der Waals surface area (Å²) in [7, 11) is 0.392. The van der Waals surface area contributed by atoms with Crippen LogP contribution in [0.2, 0.25) is 0 Å². The average Bonchev–Trinajstić information content (AvgIpc) is 3.33. The molecule has 0 aliphatic rings. The van der Waals surface area contributed by atoms with Crippen LogP contribution in [0.3, 0.4) is 0 Å². The molecule has 0 aliphatic carbocycles. The van der Waals surface area contributed by atoms with Crippen LogP contribution in [-0.4, -0.2) is 59.4 Å². The van der Waals surface area contributed by atoms with E-state index < -0.39 is 20.9 Å². The monoisotopic (exact) mass is 481 g/mol. The Labute approximate surface area is 197 Å². The molecule has 0 saturated heterocycles. The second-order valence-corrected chi connectivity index (χ2v) is 10.5. The van der Waals surface area contributed by atoms with Crippen molar-refractivity contribution in [3.63, 3.8) is 0 Å². The maximum atomic E-state index is 14.0. The Morgan fingerprint density at radius 3 is 2.35 bits per heavy atom. The highest BCUT2D eigenvalue weighted by Gasteiger charge is 2.23. The summed E-state index contributed by atoms with van der Waals surface area (Å²) in [5.74, 6) is -0.330. The van der Waals surface area contributed by atoms with Gasteiger partial charge in [-0.05, 0) is 58.3 Å². The topological polar surface area (TPSA) is 102 Å². The summed E-state index contributed by atoms with van der Waals surface area (Å²) in [6, 6.07) is 12.7. The molecule has 0 amide bonds. The first-order valence-electron chi connectivity index (χ1n) is 10.7. The van der Waals surface area contributed by atoms with Gasteiger partial charge in [0.05, 0.1) is 33.8 Å². The van der Waals surface area contributed by atoms with E-state index in [2.05, 4.69) is 20.2 Å². The van der Waals surface area contributed by atoms with Crippen LogP contribution in [0.15, 0.2) is 70.2 Å². The van der Waals surface area contributed by atoms with Gasteiger partial charge in [0.1, 0.15) is 11.5 Å². The summed E-state index contributed by atoms with van der Waals surface area (Å²) < 4.78 is 45.4. The van der Waals surface area contributed by atoms with Crippen molar-refractivity contribution in [2.75, 3.05) is 20.6 Å². The van der Waals surface area contributed by atoms with Gasteiger partial charge in [-0.2, -0.15) is 0 Å². The number of rotatable bonds is 8. The van der Waals surface area contributed by atoms with Crippen molar-refractivity contribution in [3.8, 4) is 34.3 Å². The van der Waals surface area contributed by atoms with E-state index in [1.807, 2.05) is 19.0 Å². The van der Waals surface area contributed by atoms with Gasteiger partial charge in [0, 0.05) is 5.56 Å². The lowest BCUT2D eigenvalue weighted by Gasteiger charge is -2.16. The number of nitrogens with zero attached hydrogens (tertiary/aromatic N) is 5. The Bertz CT molecular complexity index is 1390. The first kappa shape index (κ1) is 23.7. The molecule has 0 fully saturated rings. The Hall–Kier alpha value is -3.50. The Balaban J connectivity index is 1.56. The minimum atomic E-state index is -3.44. The third-order valence-corrected chi connectivity index (χ3v) is 7.60. The van der Waals surface area contributed by atoms with Gasteiger partial charge < -0.3 is 9.32 Å². The van der Waals surface area contributed by atoms with E-state index in [0.29, 0.717) is 29.9 Å². The van der Waals surface area contributed by atoms with Crippen molar-refractivity contribution in [2.24, 2.45) is 0 Å². The van der Waals surface area contributed by atoms with Crippen molar-refractivity contribution in [1.29, 1.82) is 0 Å². The van der Waals surface area contributed by atoms with Crippen LogP contribution in [0.5, 0.6) is 0 Å². The summed E-state index contributed by atoms with van der Waals surface area (Å²) in [6.45, 7) is 2.41. The molecular weight excluding hydrogens is 457 g/mol. The van der Waals surface area contributed by atoms with Crippen LogP contribution in [-0.2, 0) is 9.84 Å². The summed E-state index contributed by atoms with van der Waals surface area (Å²) in [6.07, 6.45) is 3.57. The Kier molecular flexibility index (Phi) is 6.80. The summed E-state index contributed by atoms with van der Waals surface area (Å²) >= 11 is 0. The molecule has 2 aromatic carbocycles. The van der Waals surface area contributed by atoms with Crippen molar-refractivity contribution in [2.45, 2.75) is 23.5 Å². The number of sulfone groups is 1. The molecule has 8 nitrogen and oxygen atoms in total. The van der Waals surface area contributed by atoms with Gasteiger partial charge in [-0.15, -0.1) is 10.2 Å². The largest absolute Gasteiger partial charge is 0.414 e. The quantitative estimate of drug-likeness (QED) is 0.370. The van der Waals surface area contributed by atoms with Gasteiger partial charge in [-0.3, -0.25) is 4.98 Å². The van der Waals surface area contributed by atoms with Crippen LogP contribution < -0.4 is 0 Å². The molecule has 34 heavy (non-hydrogen) atoms. The van der Waals surface area contributed by atoms with Crippen LogP contribution in [0, 0.1) is 5.82 Å². The Morgan fingerprint density at radius 2 is 1.65 bits per heavy atom. The molecule has 2 heterocycles. The number of hydrogen-bond donors (Lipinski definition) is 0. The van der Waals surface area contributed by atoms with Gasteiger partial charge in [0.25, 0.3) is 11.8 Å². The van der Waals surface area contributed by atoms with Gasteiger partial charge in [0.2, 0.25) is 0 Å². The maximum Gasteiger partial charge on any atom is 0.268 e. The average molecular weight is 482 g/mol. The van der Waals surface area contributed by atoms with Crippen molar-refractivity contribution in [1.82, 2.24) is 25.1 Å². The molecule has 2 aromatic heterocycles. The zero-order valence-corrected chi connectivity index (χ0v) is 19.8. The zero-order chi connectivity index (χ0) is 24.3. The molecular formula is C24H24FN5O3S. The second kappa shape index (κ2) is 9.78. The van der Waals surface area contributed by atoms with E-state index >= 15 is 0 Å². The molecule has 0 saturated carbocycles. The zero-order valence-electron chi connectivity index (χ0n) is 19.0. The molecule has 0 radical (unpaired) electrons.